The zero-order valence-corrected chi connectivity index (χ0v) is 9.97. The van der Waals surface area contributed by atoms with Crippen LogP contribution >= 0.6 is 11.3 Å². The fourth-order valence-electron chi connectivity index (χ4n) is 1.38. The van der Waals surface area contributed by atoms with E-state index in [1.54, 1.807) is 11.3 Å². The minimum Gasteiger partial charge on any atom is -0.310 e. The third-order valence-corrected chi connectivity index (χ3v) is 3.01. The van der Waals surface area contributed by atoms with Crippen molar-refractivity contribution in [3.63, 3.8) is 0 Å². The summed E-state index contributed by atoms with van der Waals surface area (Å²) in [5, 5.41) is 5.51. The van der Waals surface area contributed by atoms with Gasteiger partial charge in [0.2, 0.25) is 0 Å². The molecule has 1 N–H and O–H groups in total. The molecule has 4 heteroatoms. The van der Waals surface area contributed by atoms with Crippen LogP contribution in [-0.2, 0) is 6.54 Å². The molecule has 1 heterocycles. The summed E-state index contributed by atoms with van der Waals surface area (Å²) in [6.07, 6.45) is 1.18. The van der Waals surface area contributed by atoms with Crippen LogP contribution in [0.15, 0.2) is 10.9 Å². The Kier molecular flexibility index (Phi) is 5.07. The van der Waals surface area contributed by atoms with Gasteiger partial charge in [-0.15, -0.1) is 11.3 Å². The summed E-state index contributed by atoms with van der Waals surface area (Å²) in [6.45, 7) is 4.13. The van der Waals surface area contributed by atoms with Gasteiger partial charge in [-0.25, -0.2) is 4.98 Å². The summed E-state index contributed by atoms with van der Waals surface area (Å²) in [6, 6.07) is 0.619. The summed E-state index contributed by atoms with van der Waals surface area (Å²) in [7, 11) is 4.25. The number of aromatic nitrogens is 1. The van der Waals surface area contributed by atoms with Gasteiger partial charge in [0, 0.05) is 24.5 Å². The predicted molar refractivity (Wildman–Crippen MR) is 61.6 cm³/mol. The summed E-state index contributed by atoms with van der Waals surface area (Å²) >= 11 is 1.65. The number of likely N-dealkylation sites (N-methyl/N-ethyl adjacent to an activating group) is 1. The second-order valence-electron chi connectivity index (χ2n) is 3.64. The first-order chi connectivity index (χ1) is 6.74. The molecule has 0 aliphatic heterocycles. The lowest BCUT2D eigenvalue weighted by Gasteiger charge is -2.22. The van der Waals surface area contributed by atoms with Crippen molar-refractivity contribution in [3.8, 4) is 0 Å². The first-order valence-corrected chi connectivity index (χ1v) is 5.92. The molecule has 0 amide bonds. The Morgan fingerprint density at radius 2 is 2.36 bits per heavy atom. The van der Waals surface area contributed by atoms with Crippen molar-refractivity contribution in [2.45, 2.75) is 25.9 Å². The van der Waals surface area contributed by atoms with Gasteiger partial charge in [0.1, 0.15) is 0 Å². The van der Waals surface area contributed by atoms with Crippen LogP contribution in [0.4, 0.5) is 0 Å². The molecule has 1 aromatic heterocycles. The van der Waals surface area contributed by atoms with E-state index in [1.807, 2.05) is 5.51 Å². The van der Waals surface area contributed by atoms with Crippen molar-refractivity contribution in [3.05, 3.63) is 16.6 Å². The van der Waals surface area contributed by atoms with Crippen LogP contribution in [0.1, 0.15) is 19.0 Å². The fraction of sp³-hybridized carbons (Fsp3) is 0.700. The maximum Gasteiger partial charge on any atom is 0.0795 e. The number of nitrogens with zero attached hydrogens (tertiary/aromatic N) is 2. The number of rotatable bonds is 6. The lowest BCUT2D eigenvalue weighted by Crippen LogP contribution is -2.37. The smallest absolute Gasteiger partial charge is 0.0795 e. The molecule has 0 bridgehead atoms. The molecule has 0 saturated carbocycles. The second-order valence-corrected chi connectivity index (χ2v) is 4.36. The van der Waals surface area contributed by atoms with Crippen molar-refractivity contribution >= 4 is 11.3 Å². The van der Waals surface area contributed by atoms with Gasteiger partial charge in [-0.1, -0.05) is 6.92 Å². The lowest BCUT2D eigenvalue weighted by molar-refractivity contribution is 0.275. The van der Waals surface area contributed by atoms with E-state index < -0.39 is 0 Å². The Morgan fingerprint density at radius 1 is 1.57 bits per heavy atom. The van der Waals surface area contributed by atoms with E-state index in [9.17, 15) is 0 Å². The van der Waals surface area contributed by atoms with Gasteiger partial charge in [0.25, 0.3) is 0 Å². The fourth-order valence-corrected chi connectivity index (χ4v) is 1.94. The molecule has 80 valence electrons. The molecule has 1 rings (SSSR count). The van der Waals surface area contributed by atoms with Gasteiger partial charge in [-0.05, 0) is 20.5 Å². The van der Waals surface area contributed by atoms with E-state index in [1.165, 1.54) is 6.42 Å². The maximum absolute atomic E-state index is 4.23. The first-order valence-electron chi connectivity index (χ1n) is 4.98. The third-order valence-electron chi connectivity index (χ3n) is 2.37. The van der Waals surface area contributed by atoms with Gasteiger partial charge < -0.3 is 10.2 Å². The zero-order chi connectivity index (χ0) is 10.4. The van der Waals surface area contributed by atoms with Gasteiger partial charge in [-0.2, -0.15) is 0 Å². The summed E-state index contributed by atoms with van der Waals surface area (Å²) in [4.78, 5) is 6.48. The number of thiazole rings is 1. The van der Waals surface area contributed by atoms with Crippen molar-refractivity contribution in [2.24, 2.45) is 0 Å². The van der Waals surface area contributed by atoms with Crippen molar-refractivity contribution in [1.82, 2.24) is 15.2 Å². The third kappa shape index (κ3) is 3.74. The largest absolute Gasteiger partial charge is 0.310 e. The van der Waals surface area contributed by atoms with Gasteiger partial charge in [0.05, 0.1) is 11.2 Å². The van der Waals surface area contributed by atoms with E-state index in [-0.39, 0.29) is 0 Å². The van der Waals surface area contributed by atoms with E-state index in [0.29, 0.717) is 6.04 Å². The van der Waals surface area contributed by atoms with E-state index in [0.717, 1.165) is 18.8 Å². The Labute approximate surface area is 90.2 Å². The van der Waals surface area contributed by atoms with Gasteiger partial charge >= 0.3 is 0 Å². The summed E-state index contributed by atoms with van der Waals surface area (Å²) in [5.74, 6) is 0. The quantitative estimate of drug-likeness (QED) is 0.777. The highest BCUT2D eigenvalue weighted by molar-refractivity contribution is 7.07. The zero-order valence-electron chi connectivity index (χ0n) is 9.16. The lowest BCUT2D eigenvalue weighted by atomic mass is 10.2. The molecule has 0 spiro atoms. The molecule has 1 aromatic rings. The minimum absolute atomic E-state index is 0.619. The van der Waals surface area contributed by atoms with Crippen molar-refractivity contribution in [1.29, 1.82) is 0 Å². The maximum atomic E-state index is 4.23. The molecule has 1 unspecified atom stereocenters. The van der Waals surface area contributed by atoms with Gasteiger partial charge in [0.15, 0.2) is 0 Å². The normalized spacial score (nSPS) is 13.4. The monoisotopic (exact) mass is 213 g/mol. The molecule has 1 atom stereocenters. The van der Waals surface area contributed by atoms with Crippen LogP contribution < -0.4 is 5.32 Å². The average Bonchev–Trinajstić information content (AvgIpc) is 2.64. The molecule has 0 aliphatic carbocycles. The summed E-state index contributed by atoms with van der Waals surface area (Å²) in [5.41, 5.74) is 3.02. The molecule has 3 nitrogen and oxygen atoms in total. The molecule has 0 radical (unpaired) electrons. The van der Waals surface area contributed by atoms with Crippen molar-refractivity contribution in [2.75, 3.05) is 20.6 Å². The molecule has 14 heavy (non-hydrogen) atoms. The Hall–Kier alpha value is -0.450. The van der Waals surface area contributed by atoms with Crippen molar-refractivity contribution < 1.29 is 0 Å². The van der Waals surface area contributed by atoms with E-state index in [2.05, 4.69) is 41.6 Å². The molecule has 0 aromatic carbocycles. The highest BCUT2D eigenvalue weighted by Gasteiger charge is 2.07. The second kappa shape index (κ2) is 6.11. The van der Waals surface area contributed by atoms with Crippen LogP contribution in [-0.4, -0.2) is 36.6 Å². The van der Waals surface area contributed by atoms with E-state index in [4.69, 9.17) is 0 Å². The van der Waals surface area contributed by atoms with Crippen LogP contribution in [0, 0.1) is 0 Å². The predicted octanol–water partition coefficient (Wildman–Crippen LogP) is 1.57. The summed E-state index contributed by atoms with van der Waals surface area (Å²) < 4.78 is 0. The van der Waals surface area contributed by atoms with E-state index >= 15 is 0 Å². The molecule has 0 aliphatic rings. The minimum atomic E-state index is 0.619. The van der Waals surface area contributed by atoms with Crippen LogP contribution in [0.25, 0.3) is 0 Å². The highest BCUT2D eigenvalue weighted by atomic mass is 32.1. The van der Waals surface area contributed by atoms with Gasteiger partial charge in [-0.3, -0.25) is 0 Å². The number of hydrogen-bond donors (Lipinski definition) is 1. The topological polar surface area (TPSA) is 28.2 Å². The molecular weight excluding hydrogens is 194 g/mol. The number of hydrogen-bond acceptors (Lipinski definition) is 4. The highest BCUT2D eigenvalue weighted by Crippen LogP contribution is 2.01. The molecular formula is C10H19N3S. The number of nitrogens with one attached hydrogen (secondary N) is 1. The van der Waals surface area contributed by atoms with Crippen LogP contribution in [0.2, 0.25) is 0 Å². The first kappa shape index (κ1) is 11.6. The molecule has 0 saturated heterocycles. The average molecular weight is 213 g/mol. The van der Waals surface area contributed by atoms with Crippen LogP contribution in [0.5, 0.6) is 0 Å². The standard InChI is InChI=1S/C10H19N3S/c1-4-10(13(2)3)6-11-5-9-7-14-8-12-9/h7-8,10-11H,4-6H2,1-3H3. The Balaban J connectivity index is 2.20. The SMILES string of the molecule is CCC(CNCc1cscn1)N(C)C. The Morgan fingerprint density at radius 3 is 2.86 bits per heavy atom. The Bertz CT molecular complexity index is 234. The molecule has 0 fully saturated rings. The van der Waals surface area contributed by atoms with Crippen LogP contribution in [0.3, 0.4) is 0 Å².